The van der Waals surface area contributed by atoms with E-state index in [9.17, 15) is 4.79 Å². The SMILES string of the molecule is CSCC/C(C(=O)O)=C(\C)N. The van der Waals surface area contributed by atoms with Crippen molar-refractivity contribution in [1.82, 2.24) is 0 Å². The van der Waals surface area contributed by atoms with Gasteiger partial charge in [-0.3, -0.25) is 0 Å². The van der Waals surface area contributed by atoms with E-state index in [0.717, 1.165) is 5.75 Å². The third-order valence-electron chi connectivity index (χ3n) is 1.29. The molecule has 0 rings (SSSR count). The number of aliphatic carboxylic acids is 1. The van der Waals surface area contributed by atoms with Crippen molar-refractivity contribution < 1.29 is 9.90 Å². The van der Waals surface area contributed by atoms with Crippen molar-refractivity contribution in [2.45, 2.75) is 13.3 Å². The van der Waals surface area contributed by atoms with E-state index in [-0.39, 0.29) is 0 Å². The number of nitrogens with two attached hydrogens (primary N) is 1. The summed E-state index contributed by atoms with van der Waals surface area (Å²) in [5, 5.41) is 8.62. The summed E-state index contributed by atoms with van der Waals surface area (Å²) in [6.45, 7) is 1.61. The Hall–Kier alpha value is -0.640. The van der Waals surface area contributed by atoms with Crippen LogP contribution in [0.1, 0.15) is 13.3 Å². The van der Waals surface area contributed by atoms with Crippen molar-refractivity contribution in [3.8, 4) is 0 Å². The highest BCUT2D eigenvalue weighted by Crippen LogP contribution is 2.08. The number of hydrogen-bond donors (Lipinski definition) is 2. The number of thioether (sulfide) groups is 1. The van der Waals surface area contributed by atoms with E-state index >= 15 is 0 Å². The molecule has 0 aromatic heterocycles. The maximum Gasteiger partial charge on any atom is 0.333 e. The highest BCUT2D eigenvalue weighted by Gasteiger charge is 2.08. The molecule has 0 aromatic carbocycles. The summed E-state index contributed by atoms with van der Waals surface area (Å²) in [5.41, 5.74) is 6.11. The first-order chi connectivity index (χ1) is 5.09. The molecule has 3 N–H and O–H groups in total. The molecule has 0 radical (unpaired) electrons. The molecule has 0 heterocycles. The van der Waals surface area contributed by atoms with Crippen LogP contribution in [0.15, 0.2) is 11.3 Å². The molecule has 0 spiro atoms. The Labute approximate surface area is 70.7 Å². The first-order valence-electron chi connectivity index (χ1n) is 3.27. The molecule has 4 heteroatoms. The van der Waals surface area contributed by atoms with E-state index in [4.69, 9.17) is 10.8 Å². The first-order valence-corrected chi connectivity index (χ1v) is 4.66. The van der Waals surface area contributed by atoms with E-state index in [1.165, 1.54) is 0 Å². The fraction of sp³-hybridized carbons (Fsp3) is 0.571. The van der Waals surface area contributed by atoms with Crippen LogP contribution in [0.25, 0.3) is 0 Å². The average molecular weight is 175 g/mol. The van der Waals surface area contributed by atoms with Crippen molar-refractivity contribution >= 4 is 17.7 Å². The molecule has 0 aliphatic rings. The van der Waals surface area contributed by atoms with E-state index in [0.29, 0.717) is 17.7 Å². The van der Waals surface area contributed by atoms with Crippen molar-refractivity contribution in [3.05, 3.63) is 11.3 Å². The van der Waals surface area contributed by atoms with Crippen LogP contribution >= 0.6 is 11.8 Å². The maximum atomic E-state index is 10.5. The van der Waals surface area contributed by atoms with Crippen LogP contribution in [0.5, 0.6) is 0 Å². The van der Waals surface area contributed by atoms with Gasteiger partial charge in [-0.25, -0.2) is 4.79 Å². The van der Waals surface area contributed by atoms with Gasteiger partial charge in [0.25, 0.3) is 0 Å². The summed E-state index contributed by atoms with van der Waals surface area (Å²) >= 11 is 1.61. The lowest BCUT2D eigenvalue weighted by Crippen LogP contribution is -2.09. The number of carboxylic acid groups (broad SMARTS) is 1. The Kier molecular flexibility index (Phi) is 4.77. The monoisotopic (exact) mass is 175 g/mol. The largest absolute Gasteiger partial charge is 0.478 e. The molecule has 0 unspecified atom stereocenters. The molecule has 0 saturated heterocycles. The zero-order valence-corrected chi connectivity index (χ0v) is 7.57. The normalized spacial score (nSPS) is 12.5. The minimum absolute atomic E-state index is 0.333. The average Bonchev–Trinajstić information content (AvgIpc) is 1.87. The highest BCUT2D eigenvalue weighted by atomic mass is 32.2. The molecule has 64 valence electrons. The Morgan fingerprint density at radius 2 is 2.18 bits per heavy atom. The van der Waals surface area contributed by atoms with Gasteiger partial charge in [-0.15, -0.1) is 0 Å². The second-order valence-electron chi connectivity index (χ2n) is 2.21. The van der Waals surface area contributed by atoms with Gasteiger partial charge in [0.2, 0.25) is 0 Å². The minimum Gasteiger partial charge on any atom is -0.478 e. The fourth-order valence-corrected chi connectivity index (χ4v) is 1.09. The van der Waals surface area contributed by atoms with Gasteiger partial charge in [0.1, 0.15) is 0 Å². The summed E-state index contributed by atoms with van der Waals surface area (Å²) in [6, 6.07) is 0. The lowest BCUT2D eigenvalue weighted by Gasteiger charge is -2.02. The predicted molar refractivity (Wildman–Crippen MR) is 47.5 cm³/mol. The lowest BCUT2D eigenvalue weighted by molar-refractivity contribution is -0.132. The minimum atomic E-state index is -0.904. The molecular weight excluding hydrogens is 162 g/mol. The highest BCUT2D eigenvalue weighted by molar-refractivity contribution is 7.98. The van der Waals surface area contributed by atoms with Gasteiger partial charge >= 0.3 is 5.97 Å². The molecule has 0 fully saturated rings. The molecule has 0 saturated carbocycles. The van der Waals surface area contributed by atoms with E-state index in [1.54, 1.807) is 18.7 Å². The van der Waals surface area contributed by atoms with Crippen LogP contribution in [-0.4, -0.2) is 23.1 Å². The van der Waals surface area contributed by atoms with Crippen LogP contribution in [0, 0.1) is 0 Å². The number of rotatable bonds is 4. The standard InChI is InChI=1S/C7H13NO2S/c1-5(8)6(7(9)10)3-4-11-2/h3-4,8H2,1-2H3,(H,9,10)/b6-5-. The van der Waals surface area contributed by atoms with Gasteiger partial charge in [0, 0.05) is 5.70 Å². The topological polar surface area (TPSA) is 63.3 Å². The predicted octanol–water partition coefficient (Wildman–Crippen LogP) is 1.06. The molecule has 0 aliphatic carbocycles. The molecule has 0 amide bonds. The van der Waals surface area contributed by atoms with Crippen LogP contribution in [0.2, 0.25) is 0 Å². The second-order valence-corrected chi connectivity index (χ2v) is 3.20. The molecule has 3 nitrogen and oxygen atoms in total. The second kappa shape index (κ2) is 5.07. The van der Waals surface area contributed by atoms with Crippen molar-refractivity contribution in [1.29, 1.82) is 0 Å². The van der Waals surface area contributed by atoms with E-state index in [2.05, 4.69) is 0 Å². The zero-order valence-electron chi connectivity index (χ0n) is 6.76. The van der Waals surface area contributed by atoms with E-state index < -0.39 is 5.97 Å². The molecule has 0 aromatic rings. The van der Waals surface area contributed by atoms with Crippen LogP contribution in [-0.2, 0) is 4.79 Å². The summed E-state index contributed by atoms with van der Waals surface area (Å²) in [4.78, 5) is 10.5. The quantitative estimate of drug-likeness (QED) is 0.627. The van der Waals surface area contributed by atoms with Gasteiger partial charge in [-0.05, 0) is 25.4 Å². The van der Waals surface area contributed by atoms with Crippen molar-refractivity contribution in [3.63, 3.8) is 0 Å². The molecule has 0 aliphatic heterocycles. The van der Waals surface area contributed by atoms with Gasteiger partial charge in [-0.2, -0.15) is 11.8 Å². The molecule has 11 heavy (non-hydrogen) atoms. The molecule has 0 bridgehead atoms. The Morgan fingerprint density at radius 3 is 2.45 bits per heavy atom. The van der Waals surface area contributed by atoms with Crippen molar-refractivity contribution in [2.75, 3.05) is 12.0 Å². The van der Waals surface area contributed by atoms with Crippen molar-refractivity contribution in [2.24, 2.45) is 5.73 Å². The fourth-order valence-electron chi connectivity index (χ4n) is 0.677. The van der Waals surface area contributed by atoms with Gasteiger partial charge < -0.3 is 10.8 Å². The van der Waals surface area contributed by atoms with Gasteiger partial charge in [0.15, 0.2) is 0 Å². The number of carbonyl (C=O) groups is 1. The molecule has 0 atom stereocenters. The number of carboxylic acids is 1. The lowest BCUT2D eigenvalue weighted by atomic mass is 10.2. The first kappa shape index (κ1) is 10.4. The summed E-state index contributed by atoms with van der Waals surface area (Å²) in [7, 11) is 0. The zero-order chi connectivity index (χ0) is 8.85. The van der Waals surface area contributed by atoms with Crippen LogP contribution in [0.3, 0.4) is 0 Å². The Morgan fingerprint density at radius 1 is 1.64 bits per heavy atom. The third kappa shape index (κ3) is 3.93. The summed E-state index contributed by atoms with van der Waals surface area (Å²) in [6.07, 6.45) is 2.48. The number of hydrogen-bond acceptors (Lipinski definition) is 3. The summed E-state index contributed by atoms with van der Waals surface area (Å²) in [5.74, 6) is -0.102. The van der Waals surface area contributed by atoms with Crippen LogP contribution in [0.4, 0.5) is 0 Å². The van der Waals surface area contributed by atoms with Crippen LogP contribution < -0.4 is 5.73 Å². The Bertz CT molecular complexity index is 173. The maximum absolute atomic E-state index is 10.5. The van der Waals surface area contributed by atoms with Gasteiger partial charge in [-0.1, -0.05) is 0 Å². The molecular formula is C7H13NO2S. The van der Waals surface area contributed by atoms with Gasteiger partial charge in [0.05, 0.1) is 5.57 Å². The smallest absolute Gasteiger partial charge is 0.333 e. The third-order valence-corrected chi connectivity index (χ3v) is 1.90. The van der Waals surface area contributed by atoms with E-state index in [1.807, 2.05) is 6.26 Å². The number of allylic oxidation sites excluding steroid dienone is 1. The summed E-state index contributed by atoms with van der Waals surface area (Å²) < 4.78 is 0. The Balaban J connectivity index is 4.14.